The van der Waals surface area contributed by atoms with Crippen LogP contribution in [-0.4, -0.2) is 6.54 Å². The van der Waals surface area contributed by atoms with Crippen molar-refractivity contribution in [1.29, 1.82) is 0 Å². The fraction of sp³-hybridized carbons (Fsp3) is 0.500. The largest absolute Gasteiger partial charge is 0.390 e. The highest BCUT2D eigenvalue weighted by atomic mass is 32.1. The Bertz CT molecular complexity index is 238. The van der Waals surface area contributed by atoms with Crippen molar-refractivity contribution < 1.29 is 0 Å². The molecule has 60 valence electrons. The smallest absolute Gasteiger partial charge is 0.0904 e. The van der Waals surface area contributed by atoms with E-state index in [2.05, 4.69) is 16.8 Å². The number of hydrogen-bond donors (Lipinski definition) is 2. The van der Waals surface area contributed by atoms with Gasteiger partial charge in [-0.25, -0.2) is 0 Å². The SMILES string of the molecule is Nc1sccc1[C@@H]1CCCN1. The van der Waals surface area contributed by atoms with Crippen molar-refractivity contribution >= 4 is 16.3 Å². The molecular formula is C8H12N2S. The predicted molar refractivity (Wildman–Crippen MR) is 48.7 cm³/mol. The number of nitrogen functional groups attached to an aromatic ring is 1. The Morgan fingerprint density at radius 1 is 1.64 bits per heavy atom. The van der Waals surface area contributed by atoms with E-state index in [1.807, 2.05) is 0 Å². The lowest BCUT2D eigenvalue weighted by Crippen LogP contribution is -2.13. The first-order valence-corrected chi connectivity index (χ1v) is 4.82. The van der Waals surface area contributed by atoms with Crippen LogP contribution in [0, 0.1) is 0 Å². The van der Waals surface area contributed by atoms with Gasteiger partial charge in [-0.1, -0.05) is 0 Å². The molecule has 1 aliphatic rings. The van der Waals surface area contributed by atoms with E-state index in [9.17, 15) is 0 Å². The van der Waals surface area contributed by atoms with Crippen LogP contribution in [0.25, 0.3) is 0 Å². The van der Waals surface area contributed by atoms with E-state index >= 15 is 0 Å². The van der Waals surface area contributed by atoms with Gasteiger partial charge < -0.3 is 11.1 Å². The minimum atomic E-state index is 0.529. The molecule has 1 aromatic rings. The zero-order valence-electron chi connectivity index (χ0n) is 6.34. The predicted octanol–water partition coefficient (Wildman–Crippen LogP) is 1.75. The molecule has 1 aliphatic heterocycles. The lowest BCUT2D eigenvalue weighted by molar-refractivity contribution is 0.652. The van der Waals surface area contributed by atoms with Gasteiger partial charge in [0.15, 0.2) is 0 Å². The molecule has 0 bridgehead atoms. The van der Waals surface area contributed by atoms with Gasteiger partial charge in [0.1, 0.15) is 0 Å². The van der Waals surface area contributed by atoms with E-state index in [0.29, 0.717) is 6.04 Å². The third-order valence-electron chi connectivity index (χ3n) is 2.16. The number of hydrogen-bond acceptors (Lipinski definition) is 3. The van der Waals surface area contributed by atoms with Gasteiger partial charge in [0, 0.05) is 11.6 Å². The van der Waals surface area contributed by atoms with Crippen LogP contribution in [0.15, 0.2) is 11.4 Å². The summed E-state index contributed by atoms with van der Waals surface area (Å²) < 4.78 is 0. The second-order valence-electron chi connectivity index (χ2n) is 2.89. The van der Waals surface area contributed by atoms with E-state index in [1.165, 1.54) is 18.4 Å². The summed E-state index contributed by atoms with van der Waals surface area (Å²) in [4.78, 5) is 0. The molecule has 0 saturated carbocycles. The molecule has 1 aromatic heterocycles. The summed E-state index contributed by atoms with van der Waals surface area (Å²) in [5.74, 6) is 0. The molecule has 0 aromatic carbocycles. The maximum atomic E-state index is 5.80. The average molecular weight is 168 g/mol. The third-order valence-corrected chi connectivity index (χ3v) is 2.92. The van der Waals surface area contributed by atoms with Crippen molar-refractivity contribution in [1.82, 2.24) is 5.32 Å². The van der Waals surface area contributed by atoms with Crippen molar-refractivity contribution in [2.45, 2.75) is 18.9 Å². The first-order valence-electron chi connectivity index (χ1n) is 3.94. The Labute approximate surface area is 70.4 Å². The highest BCUT2D eigenvalue weighted by molar-refractivity contribution is 7.14. The van der Waals surface area contributed by atoms with Gasteiger partial charge in [0.2, 0.25) is 0 Å². The highest BCUT2D eigenvalue weighted by Crippen LogP contribution is 2.30. The number of thiophene rings is 1. The molecule has 0 aliphatic carbocycles. The summed E-state index contributed by atoms with van der Waals surface area (Å²) in [6.07, 6.45) is 2.51. The van der Waals surface area contributed by atoms with Gasteiger partial charge in [0.05, 0.1) is 5.00 Å². The van der Waals surface area contributed by atoms with Crippen LogP contribution in [-0.2, 0) is 0 Å². The van der Waals surface area contributed by atoms with E-state index in [-0.39, 0.29) is 0 Å². The summed E-state index contributed by atoms with van der Waals surface area (Å²) >= 11 is 1.63. The van der Waals surface area contributed by atoms with Crippen molar-refractivity contribution in [2.24, 2.45) is 0 Å². The summed E-state index contributed by atoms with van der Waals surface area (Å²) in [5, 5.41) is 6.46. The second-order valence-corrected chi connectivity index (χ2v) is 3.84. The fourth-order valence-electron chi connectivity index (χ4n) is 1.57. The van der Waals surface area contributed by atoms with E-state index < -0.39 is 0 Å². The van der Waals surface area contributed by atoms with Gasteiger partial charge in [-0.3, -0.25) is 0 Å². The number of nitrogens with one attached hydrogen (secondary N) is 1. The molecule has 2 heterocycles. The standard InChI is InChI=1S/C8H12N2S/c9-8-6(3-5-11-8)7-2-1-4-10-7/h3,5,7,10H,1-2,4,9H2/t7-/m0/s1. The van der Waals surface area contributed by atoms with Gasteiger partial charge in [-0.2, -0.15) is 0 Å². The average Bonchev–Trinajstić information content (AvgIpc) is 2.55. The van der Waals surface area contributed by atoms with E-state index in [4.69, 9.17) is 5.73 Å². The topological polar surface area (TPSA) is 38.0 Å². The second kappa shape index (κ2) is 2.83. The molecule has 11 heavy (non-hydrogen) atoms. The number of rotatable bonds is 1. The first kappa shape index (κ1) is 7.13. The van der Waals surface area contributed by atoms with E-state index in [1.54, 1.807) is 11.3 Å². The summed E-state index contributed by atoms with van der Waals surface area (Å²) in [6.45, 7) is 1.14. The molecule has 0 radical (unpaired) electrons. The van der Waals surface area contributed by atoms with Crippen LogP contribution in [0.4, 0.5) is 5.00 Å². The zero-order valence-corrected chi connectivity index (χ0v) is 7.16. The lowest BCUT2D eigenvalue weighted by Gasteiger charge is -2.08. The van der Waals surface area contributed by atoms with Gasteiger partial charge in [-0.15, -0.1) is 11.3 Å². The Kier molecular flexibility index (Phi) is 1.84. The van der Waals surface area contributed by atoms with Crippen LogP contribution in [0.2, 0.25) is 0 Å². The normalized spacial score (nSPS) is 24.2. The molecule has 2 rings (SSSR count). The molecule has 3 heteroatoms. The third kappa shape index (κ3) is 1.26. The fourth-order valence-corrected chi connectivity index (χ4v) is 2.28. The van der Waals surface area contributed by atoms with Gasteiger partial charge in [0.25, 0.3) is 0 Å². The number of anilines is 1. The highest BCUT2D eigenvalue weighted by Gasteiger charge is 2.18. The zero-order chi connectivity index (χ0) is 7.68. The first-order chi connectivity index (χ1) is 5.38. The quantitative estimate of drug-likeness (QED) is 0.670. The van der Waals surface area contributed by atoms with Crippen LogP contribution < -0.4 is 11.1 Å². The molecule has 1 saturated heterocycles. The van der Waals surface area contributed by atoms with Crippen LogP contribution in [0.3, 0.4) is 0 Å². The minimum absolute atomic E-state index is 0.529. The lowest BCUT2D eigenvalue weighted by atomic mass is 10.1. The van der Waals surface area contributed by atoms with Crippen molar-refractivity contribution in [3.05, 3.63) is 17.0 Å². The minimum Gasteiger partial charge on any atom is -0.390 e. The summed E-state index contributed by atoms with van der Waals surface area (Å²) in [7, 11) is 0. The van der Waals surface area contributed by atoms with Gasteiger partial charge >= 0.3 is 0 Å². The van der Waals surface area contributed by atoms with Crippen LogP contribution >= 0.6 is 11.3 Å². The van der Waals surface area contributed by atoms with E-state index in [0.717, 1.165) is 11.5 Å². The Morgan fingerprint density at radius 3 is 3.09 bits per heavy atom. The van der Waals surface area contributed by atoms with Gasteiger partial charge in [-0.05, 0) is 30.8 Å². The Morgan fingerprint density at radius 2 is 2.55 bits per heavy atom. The molecule has 1 atom stereocenters. The van der Waals surface area contributed by atoms with Crippen molar-refractivity contribution in [3.8, 4) is 0 Å². The van der Waals surface area contributed by atoms with Crippen molar-refractivity contribution in [3.63, 3.8) is 0 Å². The molecule has 2 nitrogen and oxygen atoms in total. The Balaban J connectivity index is 2.21. The summed E-state index contributed by atoms with van der Waals surface area (Å²) in [6, 6.07) is 2.66. The maximum Gasteiger partial charge on any atom is 0.0904 e. The maximum absolute atomic E-state index is 5.80. The Hall–Kier alpha value is -0.540. The molecule has 0 spiro atoms. The van der Waals surface area contributed by atoms with Crippen LogP contribution in [0.5, 0.6) is 0 Å². The molecule has 0 unspecified atom stereocenters. The molecule has 0 amide bonds. The summed E-state index contributed by atoms with van der Waals surface area (Å²) in [5.41, 5.74) is 7.10. The van der Waals surface area contributed by atoms with Crippen LogP contribution in [0.1, 0.15) is 24.4 Å². The number of nitrogens with two attached hydrogens (primary N) is 1. The van der Waals surface area contributed by atoms with Crippen molar-refractivity contribution in [2.75, 3.05) is 12.3 Å². The molecular weight excluding hydrogens is 156 g/mol. The molecule has 3 N–H and O–H groups in total. The molecule has 1 fully saturated rings. The monoisotopic (exact) mass is 168 g/mol.